The van der Waals surface area contributed by atoms with Crippen LogP contribution in [-0.2, 0) is 6.54 Å². The molecule has 0 bridgehead atoms. The van der Waals surface area contributed by atoms with Crippen molar-refractivity contribution in [3.05, 3.63) is 21.9 Å². The lowest BCUT2D eigenvalue weighted by Crippen LogP contribution is -2.29. The Kier molecular flexibility index (Phi) is 5.25. The molecule has 1 aliphatic rings. The molecule has 1 saturated heterocycles. The van der Waals surface area contributed by atoms with Gasteiger partial charge in [-0.2, -0.15) is 0 Å². The smallest absolute Gasteiger partial charge is 0.0330 e. The van der Waals surface area contributed by atoms with E-state index in [1.807, 2.05) is 11.3 Å². The highest BCUT2D eigenvalue weighted by Crippen LogP contribution is 2.24. The SMILES string of the molecule is Cc1ccsc1CN1CCC(C(C)N)C1.Cl. The van der Waals surface area contributed by atoms with E-state index in [-0.39, 0.29) is 12.4 Å². The predicted octanol–water partition coefficient (Wildman–Crippen LogP) is 2.65. The van der Waals surface area contributed by atoms with Gasteiger partial charge in [0.1, 0.15) is 0 Å². The third-order valence-electron chi connectivity index (χ3n) is 3.39. The van der Waals surface area contributed by atoms with Gasteiger partial charge >= 0.3 is 0 Å². The van der Waals surface area contributed by atoms with Crippen molar-refractivity contribution in [1.82, 2.24) is 4.90 Å². The first-order valence-electron chi connectivity index (χ1n) is 5.67. The minimum absolute atomic E-state index is 0. The van der Waals surface area contributed by atoms with Crippen molar-refractivity contribution in [2.75, 3.05) is 13.1 Å². The molecule has 0 aromatic carbocycles. The van der Waals surface area contributed by atoms with E-state index >= 15 is 0 Å². The summed E-state index contributed by atoms with van der Waals surface area (Å²) in [5, 5.41) is 2.18. The number of hydrogen-bond acceptors (Lipinski definition) is 3. The summed E-state index contributed by atoms with van der Waals surface area (Å²) in [5.74, 6) is 0.699. The van der Waals surface area contributed by atoms with Crippen LogP contribution in [-0.4, -0.2) is 24.0 Å². The zero-order valence-corrected chi connectivity index (χ0v) is 11.6. The molecule has 4 heteroatoms. The maximum Gasteiger partial charge on any atom is 0.0330 e. The van der Waals surface area contributed by atoms with Crippen molar-refractivity contribution in [2.45, 2.75) is 32.9 Å². The van der Waals surface area contributed by atoms with E-state index in [2.05, 4.69) is 30.2 Å². The van der Waals surface area contributed by atoms with Gasteiger partial charge in [0, 0.05) is 24.0 Å². The predicted molar refractivity (Wildman–Crippen MR) is 73.3 cm³/mol. The second-order valence-corrected chi connectivity index (χ2v) is 5.67. The molecule has 2 N–H and O–H groups in total. The third-order valence-corrected chi connectivity index (χ3v) is 4.40. The maximum atomic E-state index is 5.94. The fourth-order valence-corrected chi connectivity index (χ4v) is 3.15. The minimum atomic E-state index is 0. The Balaban J connectivity index is 0.00000128. The summed E-state index contributed by atoms with van der Waals surface area (Å²) >= 11 is 1.87. The van der Waals surface area contributed by atoms with E-state index < -0.39 is 0 Å². The van der Waals surface area contributed by atoms with Crippen LogP contribution in [0, 0.1) is 12.8 Å². The second-order valence-electron chi connectivity index (χ2n) is 4.67. The first kappa shape index (κ1) is 14.0. The number of likely N-dealkylation sites (tertiary alicyclic amines) is 1. The molecule has 0 amide bonds. The van der Waals surface area contributed by atoms with Crippen molar-refractivity contribution < 1.29 is 0 Å². The summed E-state index contributed by atoms with van der Waals surface area (Å²) in [6.07, 6.45) is 1.27. The summed E-state index contributed by atoms with van der Waals surface area (Å²) < 4.78 is 0. The largest absolute Gasteiger partial charge is 0.328 e. The molecule has 16 heavy (non-hydrogen) atoms. The summed E-state index contributed by atoms with van der Waals surface area (Å²) in [6, 6.07) is 2.55. The molecular formula is C12H21ClN2S. The topological polar surface area (TPSA) is 29.3 Å². The van der Waals surface area contributed by atoms with Crippen molar-refractivity contribution in [3.8, 4) is 0 Å². The molecular weight excluding hydrogens is 240 g/mol. The second kappa shape index (κ2) is 6.01. The van der Waals surface area contributed by atoms with E-state index in [0.29, 0.717) is 12.0 Å². The summed E-state index contributed by atoms with van der Waals surface area (Å²) in [7, 11) is 0. The average Bonchev–Trinajstić information content (AvgIpc) is 2.77. The molecule has 1 fully saturated rings. The average molecular weight is 261 g/mol. The lowest BCUT2D eigenvalue weighted by molar-refractivity contribution is 0.310. The summed E-state index contributed by atoms with van der Waals surface area (Å²) in [6.45, 7) is 7.83. The van der Waals surface area contributed by atoms with Crippen LogP contribution in [0.5, 0.6) is 0 Å². The normalized spacial score (nSPS) is 23.1. The highest BCUT2D eigenvalue weighted by Gasteiger charge is 2.25. The maximum absolute atomic E-state index is 5.94. The molecule has 92 valence electrons. The van der Waals surface area contributed by atoms with E-state index in [9.17, 15) is 0 Å². The quantitative estimate of drug-likeness (QED) is 0.906. The van der Waals surface area contributed by atoms with Gasteiger partial charge in [-0.25, -0.2) is 0 Å². The van der Waals surface area contributed by atoms with Crippen LogP contribution in [0.4, 0.5) is 0 Å². The van der Waals surface area contributed by atoms with Gasteiger partial charge in [-0.15, -0.1) is 23.7 Å². The lowest BCUT2D eigenvalue weighted by atomic mass is 10.0. The van der Waals surface area contributed by atoms with Gasteiger partial charge in [0.15, 0.2) is 0 Å². The highest BCUT2D eigenvalue weighted by atomic mass is 35.5. The van der Waals surface area contributed by atoms with Crippen LogP contribution >= 0.6 is 23.7 Å². The van der Waals surface area contributed by atoms with E-state index in [4.69, 9.17) is 5.73 Å². The van der Waals surface area contributed by atoms with E-state index in [1.54, 1.807) is 0 Å². The monoisotopic (exact) mass is 260 g/mol. The molecule has 0 aliphatic carbocycles. The molecule has 2 atom stereocenters. The minimum Gasteiger partial charge on any atom is -0.328 e. The molecule has 2 nitrogen and oxygen atoms in total. The van der Waals surface area contributed by atoms with Crippen LogP contribution in [0.2, 0.25) is 0 Å². The van der Waals surface area contributed by atoms with Crippen LogP contribution in [0.15, 0.2) is 11.4 Å². The zero-order chi connectivity index (χ0) is 10.8. The Morgan fingerprint density at radius 2 is 2.38 bits per heavy atom. The molecule has 2 unspecified atom stereocenters. The van der Waals surface area contributed by atoms with Crippen LogP contribution in [0.1, 0.15) is 23.8 Å². The number of aryl methyl sites for hydroxylation is 1. The number of nitrogens with two attached hydrogens (primary N) is 1. The van der Waals surface area contributed by atoms with Crippen molar-refractivity contribution in [2.24, 2.45) is 11.7 Å². The Hall–Kier alpha value is -0.0900. The van der Waals surface area contributed by atoms with Crippen LogP contribution in [0.25, 0.3) is 0 Å². The van der Waals surface area contributed by atoms with E-state index in [0.717, 1.165) is 6.54 Å². The number of rotatable bonds is 3. The fourth-order valence-electron chi connectivity index (χ4n) is 2.20. The molecule has 1 aromatic rings. The number of halogens is 1. The number of nitrogens with zero attached hydrogens (tertiary/aromatic N) is 1. The summed E-state index contributed by atoms with van der Waals surface area (Å²) in [4.78, 5) is 4.05. The Morgan fingerprint density at radius 1 is 1.62 bits per heavy atom. The van der Waals surface area contributed by atoms with Crippen LogP contribution < -0.4 is 5.73 Å². The summed E-state index contributed by atoms with van der Waals surface area (Å²) in [5.41, 5.74) is 7.37. The number of thiophene rings is 1. The molecule has 1 aromatic heterocycles. The van der Waals surface area contributed by atoms with Gasteiger partial charge in [-0.1, -0.05) is 0 Å². The van der Waals surface area contributed by atoms with Gasteiger partial charge in [0.25, 0.3) is 0 Å². The number of hydrogen-bond donors (Lipinski definition) is 1. The standard InChI is InChI=1S/C12H20N2S.ClH/c1-9-4-6-15-12(9)8-14-5-3-11(7-14)10(2)13;/h4,6,10-11H,3,5,7-8,13H2,1-2H3;1H. The fraction of sp³-hybridized carbons (Fsp3) is 0.667. The van der Waals surface area contributed by atoms with Gasteiger partial charge in [-0.05, 0) is 49.7 Å². The molecule has 0 radical (unpaired) electrons. The molecule has 0 spiro atoms. The zero-order valence-electron chi connectivity index (χ0n) is 9.98. The molecule has 2 heterocycles. The van der Waals surface area contributed by atoms with Gasteiger partial charge in [-0.3, -0.25) is 4.90 Å². The first-order valence-corrected chi connectivity index (χ1v) is 6.55. The van der Waals surface area contributed by atoms with Gasteiger partial charge in [0.05, 0.1) is 0 Å². The third kappa shape index (κ3) is 3.20. The Morgan fingerprint density at radius 3 is 2.88 bits per heavy atom. The van der Waals surface area contributed by atoms with Crippen molar-refractivity contribution >= 4 is 23.7 Å². The lowest BCUT2D eigenvalue weighted by Gasteiger charge is -2.17. The van der Waals surface area contributed by atoms with E-state index in [1.165, 1.54) is 30.0 Å². The van der Waals surface area contributed by atoms with Crippen LogP contribution in [0.3, 0.4) is 0 Å². The van der Waals surface area contributed by atoms with Gasteiger partial charge in [0.2, 0.25) is 0 Å². The van der Waals surface area contributed by atoms with Crippen molar-refractivity contribution in [3.63, 3.8) is 0 Å². The van der Waals surface area contributed by atoms with Crippen molar-refractivity contribution in [1.29, 1.82) is 0 Å². The Bertz CT molecular complexity index is 325. The highest BCUT2D eigenvalue weighted by molar-refractivity contribution is 7.10. The Labute approximate surface area is 108 Å². The first-order chi connectivity index (χ1) is 7.16. The molecule has 0 saturated carbocycles. The molecule has 2 rings (SSSR count). The molecule has 1 aliphatic heterocycles. The van der Waals surface area contributed by atoms with Gasteiger partial charge < -0.3 is 5.73 Å².